The molecule has 0 unspecified atom stereocenters. The molecule has 0 aromatic heterocycles. The first-order valence-corrected chi connectivity index (χ1v) is 9.95. The second-order valence-corrected chi connectivity index (χ2v) is 6.72. The van der Waals surface area contributed by atoms with Crippen LogP contribution in [0.5, 0.6) is 11.5 Å². The molecule has 0 heterocycles. The topological polar surface area (TPSA) is 33.7 Å². The van der Waals surface area contributed by atoms with Gasteiger partial charge in [0.25, 0.3) is 0 Å². The number of aryl methyl sites for hydroxylation is 1. The van der Waals surface area contributed by atoms with Gasteiger partial charge in [-0.05, 0) is 56.7 Å². The van der Waals surface area contributed by atoms with Crippen molar-refractivity contribution in [1.82, 2.24) is 10.2 Å². The number of para-hydroxylation sites is 1. The monoisotopic (exact) mass is 370 g/mol. The summed E-state index contributed by atoms with van der Waals surface area (Å²) in [4.78, 5) is 2.45. The highest BCUT2D eigenvalue weighted by atomic mass is 16.5. The van der Waals surface area contributed by atoms with Crippen molar-refractivity contribution in [3.8, 4) is 11.5 Å². The fourth-order valence-electron chi connectivity index (χ4n) is 3.14. The van der Waals surface area contributed by atoms with Crippen LogP contribution in [0.4, 0.5) is 0 Å². The van der Waals surface area contributed by atoms with Crippen LogP contribution in [0.3, 0.4) is 0 Å². The Morgan fingerprint density at radius 2 is 1.70 bits per heavy atom. The van der Waals surface area contributed by atoms with E-state index in [-0.39, 0.29) is 0 Å². The summed E-state index contributed by atoms with van der Waals surface area (Å²) in [5, 5.41) is 3.54. The summed E-state index contributed by atoms with van der Waals surface area (Å²) in [5.74, 6) is 1.62. The standard InChI is InChI=1S/C23H34N2O2/c1-5-25(6-2)16-10-15-24-17-20-13-9-14-22(26-4)23(20)27-18-21-12-8-7-11-19(21)3/h7-9,11-14,24H,5-6,10,15-18H2,1-4H3. The molecule has 2 aromatic carbocycles. The van der Waals surface area contributed by atoms with E-state index in [1.807, 2.05) is 18.2 Å². The molecule has 0 amide bonds. The van der Waals surface area contributed by atoms with Gasteiger partial charge in [-0.15, -0.1) is 0 Å². The molecule has 27 heavy (non-hydrogen) atoms. The van der Waals surface area contributed by atoms with Gasteiger partial charge in [0, 0.05) is 12.1 Å². The van der Waals surface area contributed by atoms with E-state index in [1.54, 1.807) is 7.11 Å². The molecule has 0 saturated heterocycles. The maximum Gasteiger partial charge on any atom is 0.166 e. The van der Waals surface area contributed by atoms with Gasteiger partial charge in [0.05, 0.1) is 7.11 Å². The van der Waals surface area contributed by atoms with Crippen LogP contribution in [0, 0.1) is 6.92 Å². The Balaban J connectivity index is 1.95. The summed E-state index contributed by atoms with van der Waals surface area (Å²) in [6.07, 6.45) is 1.14. The van der Waals surface area contributed by atoms with Crippen LogP contribution in [0.15, 0.2) is 42.5 Å². The van der Waals surface area contributed by atoms with Crippen molar-refractivity contribution in [3.63, 3.8) is 0 Å². The van der Waals surface area contributed by atoms with Crippen LogP contribution >= 0.6 is 0 Å². The van der Waals surface area contributed by atoms with Gasteiger partial charge in [-0.2, -0.15) is 0 Å². The average Bonchev–Trinajstić information content (AvgIpc) is 2.70. The highest BCUT2D eigenvalue weighted by Crippen LogP contribution is 2.32. The molecular weight excluding hydrogens is 336 g/mol. The van der Waals surface area contributed by atoms with Crippen molar-refractivity contribution in [2.24, 2.45) is 0 Å². The van der Waals surface area contributed by atoms with Gasteiger partial charge in [-0.3, -0.25) is 0 Å². The third kappa shape index (κ3) is 6.56. The predicted octanol–water partition coefficient (Wildman–Crippen LogP) is 4.40. The van der Waals surface area contributed by atoms with Crippen molar-refractivity contribution >= 4 is 0 Å². The Morgan fingerprint density at radius 1 is 0.963 bits per heavy atom. The molecule has 148 valence electrons. The van der Waals surface area contributed by atoms with Gasteiger partial charge in [0.2, 0.25) is 0 Å². The highest BCUT2D eigenvalue weighted by Gasteiger charge is 2.11. The SMILES string of the molecule is CCN(CC)CCCNCc1cccc(OC)c1OCc1ccccc1C. The van der Waals surface area contributed by atoms with E-state index in [0.29, 0.717) is 6.61 Å². The number of ether oxygens (including phenoxy) is 2. The van der Waals surface area contributed by atoms with Crippen LogP contribution < -0.4 is 14.8 Å². The Kier molecular flexibility index (Phi) is 9.16. The third-order valence-corrected chi connectivity index (χ3v) is 4.95. The fourth-order valence-corrected chi connectivity index (χ4v) is 3.14. The maximum absolute atomic E-state index is 6.18. The van der Waals surface area contributed by atoms with Gasteiger partial charge in [-0.25, -0.2) is 0 Å². The number of nitrogens with zero attached hydrogens (tertiary/aromatic N) is 1. The smallest absolute Gasteiger partial charge is 0.166 e. The summed E-state index contributed by atoms with van der Waals surface area (Å²) in [6.45, 7) is 12.2. The Bertz CT molecular complexity index is 684. The molecule has 0 fully saturated rings. The van der Waals surface area contributed by atoms with Crippen LogP contribution in [0.1, 0.15) is 37.0 Å². The number of rotatable bonds is 12. The summed E-state index contributed by atoms with van der Waals surface area (Å²) < 4.78 is 11.7. The Labute approximate surface area is 164 Å². The molecule has 0 aliphatic carbocycles. The second kappa shape index (κ2) is 11.6. The molecule has 0 saturated carbocycles. The number of benzene rings is 2. The van der Waals surface area contributed by atoms with E-state index in [2.05, 4.69) is 55.3 Å². The van der Waals surface area contributed by atoms with Gasteiger partial charge in [0.1, 0.15) is 6.61 Å². The lowest BCUT2D eigenvalue weighted by Crippen LogP contribution is -2.27. The van der Waals surface area contributed by atoms with E-state index < -0.39 is 0 Å². The van der Waals surface area contributed by atoms with E-state index in [4.69, 9.17) is 9.47 Å². The highest BCUT2D eigenvalue weighted by molar-refractivity contribution is 5.46. The van der Waals surface area contributed by atoms with Crippen molar-refractivity contribution in [2.75, 3.05) is 33.3 Å². The Hall–Kier alpha value is -2.04. The minimum atomic E-state index is 0.544. The quantitative estimate of drug-likeness (QED) is 0.561. The largest absolute Gasteiger partial charge is 0.493 e. The first-order chi connectivity index (χ1) is 13.2. The Morgan fingerprint density at radius 3 is 2.41 bits per heavy atom. The molecule has 2 rings (SSSR count). The molecule has 0 aliphatic rings. The van der Waals surface area contributed by atoms with Crippen molar-refractivity contribution in [1.29, 1.82) is 0 Å². The number of hydrogen-bond donors (Lipinski definition) is 1. The van der Waals surface area contributed by atoms with E-state index in [1.165, 1.54) is 11.1 Å². The van der Waals surface area contributed by atoms with E-state index in [9.17, 15) is 0 Å². The number of methoxy groups -OCH3 is 1. The van der Waals surface area contributed by atoms with Gasteiger partial charge in [-0.1, -0.05) is 50.2 Å². The van der Waals surface area contributed by atoms with Crippen molar-refractivity contribution in [2.45, 2.75) is 40.3 Å². The van der Waals surface area contributed by atoms with E-state index in [0.717, 1.165) is 56.2 Å². The predicted molar refractivity (Wildman–Crippen MR) is 113 cm³/mol. The van der Waals surface area contributed by atoms with Gasteiger partial charge in [0.15, 0.2) is 11.5 Å². The fraction of sp³-hybridized carbons (Fsp3) is 0.478. The third-order valence-electron chi connectivity index (χ3n) is 4.95. The van der Waals surface area contributed by atoms with Crippen LogP contribution in [0.2, 0.25) is 0 Å². The zero-order valence-electron chi connectivity index (χ0n) is 17.3. The number of hydrogen-bond acceptors (Lipinski definition) is 4. The average molecular weight is 371 g/mol. The molecule has 1 N–H and O–H groups in total. The molecule has 0 spiro atoms. The maximum atomic E-state index is 6.18. The summed E-state index contributed by atoms with van der Waals surface area (Å²) in [5.41, 5.74) is 3.57. The van der Waals surface area contributed by atoms with Crippen LogP contribution in [-0.4, -0.2) is 38.2 Å². The minimum absolute atomic E-state index is 0.544. The molecule has 0 aliphatic heterocycles. The molecule has 0 atom stereocenters. The lowest BCUT2D eigenvalue weighted by atomic mass is 10.1. The summed E-state index contributed by atoms with van der Waals surface area (Å²) in [6, 6.07) is 14.4. The number of nitrogens with one attached hydrogen (secondary N) is 1. The molecule has 0 radical (unpaired) electrons. The minimum Gasteiger partial charge on any atom is -0.493 e. The first-order valence-electron chi connectivity index (χ1n) is 9.95. The van der Waals surface area contributed by atoms with Crippen LogP contribution in [0.25, 0.3) is 0 Å². The zero-order valence-corrected chi connectivity index (χ0v) is 17.3. The molecule has 4 nitrogen and oxygen atoms in total. The first kappa shape index (κ1) is 21.3. The lowest BCUT2D eigenvalue weighted by molar-refractivity contribution is 0.279. The second-order valence-electron chi connectivity index (χ2n) is 6.72. The summed E-state index contributed by atoms with van der Waals surface area (Å²) in [7, 11) is 1.69. The normalized spacial score (nSPS) is 11.0. The molecule has 2 aromatic rings. The van der Waals surface area contributed by atoms with Crippen molar-refractivity contribution < 1.29 is 9.47 Å². The summed E-state index contributed by atoms with van der Waals surface area (Å²) >= 11 is 0. The molecular formula is C23H34N2O2. The molecule has 0 bridgehead atoms. The van der Waals surface area contributed by atoms with Gasteiger partial charge < -0.3 is 19.7 Å². The van der Waals surface area contributed by atoms with Crippen LogP contribution in [-0.2, 0) is 13.2 Å². The zero-order chi connectivity index (χ0) is 19.5. The van der Waals surface area contributed by atoms with E-state index >= 15 is 0 Å². The lowest BCUT2D eigenvalue weighted by Gasteiger charge is -2.18. The molecule has 4 heteroatoms. The van der Waals surface area contributed by atoms with Crippen molar-refractivity contribution in [3.05, 3.63) is 59.2 Å². The van der Waals surface area contributed by atoms with Gasteiger partial charge >= 0.3 is 0 Å².